The Kier molecular flexibility index (Phi) is 5.72. The van der Waals surface area contributed by atoms with Gasteiger partial charge in [-0.25, -0.2) is 4.79 Å². The fraction of sp³-hybridized carbons (Fsp3) is 0.474. The fourth-order valence-corrected chi connectivity index (χ4v) is 4.26. The number of thioether (sulfide) groups is 1. The molecule has 2 saturated heterocycles. The highest BCUT2D eigenvalue weighted by Gasteiger charge is 2.32. The zero-order valence-electron chi connectivity index (χ0n) is 16.5. The van der Waals surface area contributed by atoms with Crippen molar-refractivity contribution in [2.24, 2.45) is 0 Å². The zero-order valence-corrected chi connectivity index (χ0v) is 17.3. The average Bonchev–Trinajstić information content (AvgIpc) is 3.35. The minimum Gasteiger partial charge on any atom is -0.378 e. The number of nitrogens with one attached hydrogen (secondary N) is 1. The molecule has 9 nitrogen and oxygen atoms in total. The summed E-state index contributed by atoms with van der Waals surface area (Å²) in [6.07, 6.45) is 0. The van der Waals surface area contributed by atoms with Gasteiger partial charge in [0.1, 0.15) is 0 Å². The first-order valence-corrected chi connectivity index (χ1v) is 10.5. The lowest BCUT2D eigenvalue weighted by Crippen LogP contribution is -2.39. The SMILES string of the molecule is Cc1ccc(-n2c(SC(C)C(=O)N3CCNC3=O)nnc2N2CCOCC2)cc1. The molecule has 0 saturated carbocycles. The van der Waals surface area contributed by atoms with E-state index in [9.17, 15) is 9.59 Å². The molecule has 0 bridgehead atoms. The van der Waals surface area contributed by atoms with Gasteiger partial charge >= 0.3 is 6.03 Å². The number of aromatic nitrogens is 3. The molecule has 3 amide bonds. The van der Waals surface area contributed by atoms with Crippen LogP contribution in [-0.4, -0.2) is 76.2 Å². The Morgan fingerprint density at radius 2 is 1.90 bits per heavy atom. The van der Waals surface area contributed by atoms with Crippen LogP contribution < -0.4 is 10.2 Å². The summed E-state index contributed by atoms with van der Waals surface area (Å²) in [6, 6.07) is 7.78. The van der Waals surface area contributed by atoms with Crippen LogP contribution in [0.25, 0.3) is 5.69 Å². The summed E-state index contributed by atoms with van der Waals surface area (Å²) < 4.78 is 7.44. The normalized spacial score (nSPS) is 18.1. The average molecular weight is 417 g/mol. The molecule has 2 aliphatic heterocycles. The summed E-state index contributed by atoms with van der Waals surface area (Å²) in [6.45, 7) is 7.46. The van der Waals surface area contributed by atoms with Crippen LogP contribution in [0.5, 0.6) is 0 Å². The number of morpholine rings is 1. The molecule has 2 aromatic rings. The molecular weight excluding hydrogens is 392 g/mol. The van der Waals surface area contributed by atoms with Gasteiger partial charge in [0, 0.05) is 26.2 Å². The molecule has 0 aliphatic carbocycles. The zero-order chi connectivity index (χ0) is 20.4. The van der Waals surface area contributed by atoms with E-state index in [0.717, 1.165) is 30.3 Å². The Morgan fingerprint density at radius 1 is 1.17 bits per heavy atom. The number of hydrogen-bond acceptors (Lipinski definition) is 7. The van der Waals surface area contributed by atoms with Gasteiger partial charge in [0.15, 0.2) is 5.16 Å². The number of aryl methyl sites for hydroxylation is 1. The highest BCUT2D eigenvalue weighted by Crippen LogP contribution is 2.30. The first kappa shape index (κ1) is 19.7. The number of carbonyl (C=O) groups is 2. The fourth-order valence-electron chi connectivity index (χ4n) is 3.34. The molecule has 1 unspecified atom stereocenters. The molecule has 3 heterocycles. The molecule has 29 heavy (non-hydrogen) atoms. The van der Waals surface area contributed by atoms with E-state index in [1.807, 2.05) is 35.8 Å². The van der Waals surface area contributed by atoms with Crippen LogP contribution >= 0.6 is 11.8 Å². The summed E-state index contributed by atoms with van der Waals surface area (Å²) in [7, 11) is 0. The lowest BCUT2D eigenvalue weighted by molar-refractivity contribution is -0.126. The highest BCUT2D eigenvalue weighted by atomic mass is 32.2. The van der Waals surface area contributed by atoms with E-state index in [0.29, 0.717) is 31.5 Å². The van der Waals surface area contributed by atoms with E-state index >= 15 is 0 Å². The summed E-state index contributed by atoms with van der Waals surface area (Å²) >= 11 is 1.31. The van der Waals surface area contributed by atoms with Gasteiger partial charge in [-0.3, -0.25) is 14.3 Å². The predicted molar refractivity (Wildman–Crippen MR) is 110 cm³/mol. The Bertz CT molecular complexity index is 894. The molecular formula is C19H24N6O3S. The van der Waals surface area contributed by atoms with Crippen molar-refractivity contribution < 1.29 is 14.3 Å². The van der Waals surface area contributed by atoms with Crippen LogP contribution in [0.3, 0.4) is 0 Å². The minimum absolute atomic E-state index is 0.226. The van der Waals surface area contributed by atoms with Crippen molar-refractivity contribution >= 4 is 29.6 Å². The Morgan fingerprint density at radius 3 is 2.55 bits per heavy atom. The van der Waals surface area contributed by atoms with E-state index in [1.165, 1.54) is 16.7 Å². The van der Waals surface area contributed by atoms with Crippen LogP contribution in [0.4, 0.5) is 10.7 Å². The smallest absolute Gasteiger partial charge is 0.324 e. The predicted octanol–water partition coefficient (Wildman–Crippen LogP) is 1.44. The molecule has 1 atom stereocenters. The number of ether oxygens (including phenoxy) is 1. The number of imide groups is 1. The molecule has 1 N–H and O–H groups in total. The maximum absolute atomic E-state index is 12.7. The monoisotopic (exact) mass is 416 g/mol. The molecule has 0 radical (unpaired) electrons. The third kappa shape index (κ3) is 4.08. The number of rotatable bonds is 5. The van der Waals surface area contributed by atoms with Gasteiger partial charge in [0.2, 0.25) is 11.9 Å². The quantitative estimate of drug-likeness (QED) is 0.738. The van der Waals surface area contributed by atoms with Crippen molar-refractivity contribution in [3.63, 3.8) is 0 Å². The van der Waals surface area contributed by atoms with E-state index in [2.05, 4.69) is 20.4 Å². The number of hydrogen-bond donors (Lipinski definition) is 1. The maximum Gasteiger partial charge on any atom is 0.324 e. The van der Waals surface area contributed by atoms with Crippen LogP contribution in [0.1, 0.15) is 12.5 Å². The molecule has 0 spiro atoms. The Balaban J connectivity index is 1.63. The standard InChI is InChI=1S/C19H24N6O3S/c1-13-3-5-15(6-4-13)25-17(23-9-11-28-12-10-23)21-22-19(25)29-14(2)16(26)24-8-7-20-18(24)27/h3-6,14H,7-12H2,1-2H3,(H,20,27). The lowest BCUT2D eigenvalue weighted by atomic mass is 10.2. The maximum atomic E-state index is 12.7. The van der Waals surface area contributed by atoms with E-state index in [1.54, 1.807) is 6.92 Å². The van der Waals surface area contributed by atoms with Gasteiger partial charge in [0.25, 0.3) is 0 Å². The van der Waals surface area contributed by atoms with Gasteiger partial charge < -0.3 is 15.0 Å². The van der Waals surface area contributed by atoms with Crippen molar-refractivity contribution in [2.75, 3.05) is 44.3 Å². The van der Waals surface area contributed by atoms with E-state index in [-0.39, 0.29) is 11.9 Å². The molecule has 2 fully saturated rings. The van der Waals surface area contributed by atoms with Gasteiger partial charge in [0.05, 0.1) is 24.2 Å². The third-order valence-electron chi connectivity index (χ3n) is 4.96. The second-order valence-corrected chi connectivity index (χ2v) is 8.34. The van der Waals surface area contributed by atoms with E-state index in [4.69, 9.17) is 4.74 Å². The van der Waals surface area contributed by atoms with Crippen molar-refractivity contribution in [3.8, 4) is 5.69 Å². The van der Waals surface area contributed by atoms with Crippen LogP contribution in [0.2, 0.25) is 0 Å². The molecule has 2 aliphatic rings. The van der Waals surface area contributed by atoms with Crippen molar-refractivity contribution in [3.05, 3.63) is 29.8 Å². The first-order chi connectivity index (χ1) is 14.0. The number of nitrogens with zero attached hydrogens (tertiary/aromatic N) is 5. The topological polar surface area (TPSA) is 92.6 Å². The molecule has 10 heteroatoms. The van der Waals surface area contributed by atoms with E-state index < -0.39 is 5.25 Å². The number of benzene rings is 1. The number of amides is 3. The summed E-state index contributed by atoms with van der Waals surface area (Å²) in [5.74, 6) is 0.509. The van der Waals surface area contributed by atoms with Crippen LogP contribution in [0.15, 0.2) is 29.4 Å². The van der Waals surface area contributed by atoms with Gasteiger partial charge in [-0.2, -0.15) is 0 Å². The summed E-state index contributed by atoms with van der Waals surface area (Å²) in [5, 5.41) is 11.6. The summed E-state index contributed by atoms with van der Waals surface area (Å²) in [4.78, 5) is 28.0. The molecule has 154 valence electrons. The van der Waals surface area contributed by atoms with Crippen LogP contribution in [-0.2, 0) is 9.53 Å². The molecule has 1 aromatic heterocycles. The van der Waals surface area contributed by atoms with Crippen molar-refractivity contribution in [2.45, 2.75) is 24.3 Å². The Labute approximate surface area is 173 Å². The largest absolute Gasteiger partial charge is 0.378 e. The van der Waals surface area contributed by atoms with Crippen molar-refractivity contribution in [1.82, 2.24) is 25.0 Å². The lowest BCUT2D eigenvalue weighted by Gasteiger charge is -2.28. The second-order valence-electron chi connectivity index (χ2n) is 7.03. The van der Waals surface area contributed by atoms with Gasteiger partial charge in [-0.05, 0) is 26.0 Å². The molecule has 1 aromatic carbocycles. The van der Waals surface area contributed by atoms with Gasteiger partial charge in [-0.15, -0.1) is 10.2 Å². The highest BCUT2D eigenvalue weighted by molar-refractivity contribution is 8.00. The number of anilines is 1. The number of carbonyl (C=O) groups excluding carboxylic acids is 2. The minimum atomic E-state index is -0.468. The van der Waals surface area contributed by atoms with Gasteiger partial charge in [-0.1, -0.05) is 29.5 Å². The first-order valence-electron chi connectivity index (χ1n) is 9.65. The number of urea groups is 1. The third-order valence-corrected chi connectivity index (χ3v) is 5.99. The Hall–Kier alpha value is -2.59. The van der Waals surface area contributed by atoms with Crippen LogP contribution in [0, 0.1) is 6.92 Å². The van der Waals surface area contributed by atoms with Crippen molar-refractivity contribution in [1.29, 1.82) is 0 Å². The summed E-state index contributed by atoms with van der Waals surface area (Å²) in [5.41, 5.74) is 2.09. The second kappa shape index (κ2) is 8.42. The molecule has 4 rings (SSSR count).